The van der Waals surface area contributed by atoms with Crippen molar-refractivity contribution in [1.82, 2.24) is 0 Å². The van der Waals surface area contributed by atoms with E-state index in [0.717, 1.165) is 0 Å². The molecule has 1 aromatic carbocycles. The van der Waals surface area contributed by atoms with Crippen LogP contribution in [-0.4, -0.2) is 17.4 Å². The van der Waals surface area contributed by atoms with Gasteiger partial charge in [-0.25, -0.2) is 0 Å². The van der Waals surface area contributed by atoms with Gasteiger partial charge in [0.1, 0.15) is 6.29 Å². The Kier molecular flexibility index (Phi) is 5.64. The van der Waals surface area contributed by atoms with Crippen LogP contribution in [0.1, 0.15) is 22.0 Å². The van der Waals surface area contributed by atoms with Crippen LogP contribution in [0.25, 0.3) is 5.73 Å². The molecule has 0 heterocycles. The molecular formula is C9H7NNaO3. The molecular weight excluding hydrogens is 193 g/mol. The van der Waals surface area contributed by atoms with Crippen LogP contribution in [0.5, 0.6) is 0 Å². The number of hydrogen-bond acceptors (Lipinski definition) is 2. The summed E-state index contributed by atoms with van der Waals surface area (Å²) in [7, 11) is 0. The summed E-state index contributed by atoms with van der Waals surface area (Å²) in [6, 6.07) is 4.19. The summed E-state index contributed by atoms with van der Waals surface area (Å²) in [4.78, 5) is 20.6. The Bertz CT molecular complexity index is 323. The van der Waals surface area contributed by atoms with Crippen LogP contribution in [0.2, 0.25) is 0 Å². The largest absolute Gasteiger partial charge is 1.00 e. The average Bonchev–Trinajstić information content (AvgIpc) is 2.17. The quantitative estimate of drug-likeness (QED) is 0.475. The summed E-state index contributed by atoms with van der Waals surface area (Å²) in [6.45, 7) is 0. The normalized spacial score (nSPS) is 11.2. The number of carbonyl (C=O) groups is 2. The molecule has 0 bridgehead atoms. The molecule has 0 aliphatic heterocycles. The Morgan fingerprint density at radius 2 is 1.86 bits per heavy atom. The Balaban J connectivity index is 0.00000169. The van der Waals surface area contributed by atoms with Gasteiger partial charge in [-0.1, -0.05) is 29.8 Å². The Labute approximate surface area is 103 Å². The number of nitrogens with zero attached hydrogens (tertiary/aromatic N) is 1. The van der Waals surface area contributed by atoms with Gasteiger partial charge in [-0.2, -0.15) is 0 Å². The molecule has 0 amide bonds. The van der Waals surface area contributed by atoms with Gasteiger partial charge >= 0.3 is 29.6 Å². The number of benzene rings is 1. The number of hydrogen-bond donors (Lipinski definition) is 1. The van der Waals surface area contributed by atoms with Crippen molar-refractivity contribution in [2.75, 3.05) is 0 Å². The van der Waals surface area contributed by atoms with Crippen LogP contribution in [0, 0.1) is 0 Å². The number of carboxylic acids is 1. The van der Waals surface area contributed by atoms with E-state index in [0.29, 0.717) is 11.8 Å². The van der Waals surface area contributed by atoms with E-state index in [1.165, 1.54) is 24.3 Å². The fourth-order valence-electron chi connectivity index (χ4n) is 0.899. The first-order chi connectivity index (χ1) is 6.15. The molecule has 0 saturated heterocycles. The molecule has 14 heavy (non-hydrogen) atoms. The van der Waals surface area contributed by atoms with Gasteiger partial charge in [0.25, 0.3) is 5.97 Å². The van der Waals surface area contributed by atoms with Crippen molar-refractivity contribution < 1.29 is 44.3 Å². The molecule has 1 atom stereocenters. The van der Waals surface area contributed by atoms with Gasteiger partial charge in [-0.05, 0) is 6.04 Å². The SMILES string of the molecule is [N-]C(C(=O)O)c1ccc(C=O)cc1.[Na+]. The summed E-state index contributed by atoms with van der Waals surface area (Å²) in [5.74, 6) is -1.31. The molecule has 5 heteroatoms. The molecule has 0 aromatic heterocycles. The smallest absolute Gasteiger partial charge is 0.791 e. The predicted molar refractivity (Wildman–Crippen MR) is 45.6 cm³/mol. The van der Waals surface area contributed by atoms with E-state index < -0.39 is 12.0 Å². The third-order valence-corrected chi connectivity index (χ3v) is 1.62. The van der Waals surface area contributed by atoms with Crippen molar-refractivity contribution in [1.29, 1.82) is 0 Å². The van der Waals surface area contributed by atoms with Crippen molar-refractivity contribution in [2.45, 2.75) is 6.04 Å². The van der Waals surface area contributed by atoms with E-state index in [2.05, 4.69) is 0 Å². The van der Waals surface area contributed by atoms with E-state index in [-0.39, 0.29) is 35.1 Å². The molecule has 1 unspecified atom stereocenters. The minimum Gasteiger partial charge on any atom is -0.791 e. The minimum atomic E-state index is -1.53. The zero-order valence-electron chi connectivity index (χ0n) is 7.68. The van der Waals surface area contributed by atoms with Crippen molar-refractivity contribution in [3.8, 4) is 0 Å². The van der Waals surface area contributed by atoms with E-state index in [9.17, 15) is 9.59 Å². The van der Waals surface area contributed by atoms with E-state index in [4.69, 9.17) is 10.8 Å². The number of carbonyl (C=O) groups excluding carboxylic acids is 1. The molecule has 0 fully saturated rings. The Hall–Kier alpha value is -0.680. The summed E-state index contributed by atoms with van der Waals surface area (Å²) >= 11 is 0. The summed E-state index contributed by atoms with van der Waals surface area (Å²) < 4.78 is 0. The van der Waals surface area contributed by atoms with Gasteiger partial charge < -0.3 is 10.8 Å². The van der Waals surface area contributed by atoms with Crippen molar-refractivity contribution >= 4 is 12.3 Å². The van der Waals surface area contributed by atoms with E-state index in [1.54, 1.807) is 0 Å². The second-order valence-corrected chi connectivity index (χ2v) is 2.53. The maximum atomic E-state index is 10.3. The fourth-order valence-corrected chi connectivity index (χ4v) is 0.899. The molecule has 0 saturated carbocycles. The second kappa shape index (κ2) is 5.93. The van der Waals surface area contributed by atoms with Gasteiger partial charge in [0, 0.05) is 5.56 Å². The standard InChI is InChI=1S/C9H7NO3.Na/c10-8(9(12)13)7-3-1-6(5-11)2-4-7;/h1-5,8H,(H,12,13);/q-1;+1. The first-order valence-electron chi connectivity index (χ1n) is 3.61. The maximum absolute atomic E-state index is 10.3. The van der Waals surface area contributed by atoms with Gasteiger partial charge in [0.05, 0.1) is 0 Å². The molecule has 1 N–H and O–H groups in total. The van der Waals surface area contributed by atoms with Crippen molar-refractivity contribution in [3.63, 3.8) is 0 Å². The molecule has 67 valence electrons. The van der Waals surface area contributed by atoms with Crippen LogP contribution in [0.4, 0.5) is 0 Å². The molecule has 1 rings (SSSR count). The number of aldehydes is 1. The average molecular weight is 200 g/mol. The first kappa shape index (κ1) is 13.3. The molecule has 4 nitrogen and oxygen atoms in total. The first-order valence-corrected chi connectivity index (χ1v) is 3.61. The minimum absolute atomic E-state index is 0. The molecule has 1 radical (unpaired) electrons. The van der Waals surface area contributed by atoms with E-state index >= 15 is 0 Å². The number of rotatable bonds is 3. The molecule has 0 spiro atoms. The van der Waals surface area contributed by atoms with Crippen LogP contribution >= 0.6 is 0 Å². The molecule has 0 aliphatic rings. The van der Waals surface area contributed by atoms with Crippen LogP contribution in [-0.2, 0) is 4.79 Å². The predicted octanol–water partition coefficient (Wildman–Crippen LogP) is -1.53. The third kappa shape index (κ3) is 3.23. The van der Waals surface area contributed by atoms with Gasteiger partial charge in [-0.15, -0.1) is 0 Å². The topological polar surface area (TPSA) is 76.7 Å². The number of carboxylic acid groups (broad SMARTS) is 1. The second-order valence-electron chi connectivity index (χ2n) is 2.53. The summed E-state index contributed by atoms with van der Waals surface area (Å²) in [6.07, 6.45) is 0.650. The van der Waals surface area contributed by atoms with Crippen molar-refractivity contribution in [3.05, 3.63) is 41.1 Å². The van der Waals surface area contributed by atoms with Crippen LogP contribution in [0.15, 0.2) is 24.3 Å². The number of aliphatic carboxylic acids is 1. The zero-order valence-corrected chi connectivity index (χ0v) is 9.68. The van der Waals surface area contributed by atoms with Gasteiger partial charge in [0.15, 0.2) is 0 Å². The maximum Gasteiger partial charge on any atom is 1.00 e. The van der Waals surface area contributed by atoms with Crippen molar-refractivity contribution in [2.24, 2.45) is 0 Å². The third-order valence-electron chi connectivity index (χ3n) is 1.62. The fraction of sp³-hybridized carbons (Fsp3) is 0.111. The Morgan fingerprint density at radius 1 is 1.36 bits per heavy atom. The molecule has 1 aromatic rings. The van der Waals surface area contributed by atoms with Gasteiger partial charge in [0.2, 0.25) is 0 Å². The van der Waals surface area contributed by atoms with Gasteiger partial charge in [-0.3, -0.25) is 9.59 Å². The summed E-state index contributed by atoms with van der Waals surface area (Å²) in [5.41, 5.74) is 9.78. The zero-order chi connectivity index (χ0) is 9.84. The Morgan fingerprint density at radius 3 is 2.21 bits per heavy atom. The van der Waals surface area contributed by atoms with Crippen LogP contribution < -0.4 is 29.6 Å². The van der Waals surface area contributed by atoms with E-state index in [1.807, 2.05) is 0 Å². The summed E-state index contributed by atoms with van der Waals surface area (Å²) in [5, 5.41) is 8.44. The molecule has 0 aliphatic carbocycles. The van der Waals surface area contributed by atoms with Crippen LogP contribution in [0.3, 0.4) is 0 Å². The monoisotopic (exact) mass is 200 g/mol.